The Bertz CT molecular complexity index is 1020. The molecular formula is C23H23F3N2O2S. The van der Waals surface area contributed by atoms with Crippen molar-refractivity contribution in [3.63, 3.8) is 0 Å². The maximum Gasteiger partial charge on any atom is 0.446 e. The summed E-state index contributed by atoms with van der Waals surface area (Å²) in [5, 5.41) is 3.42. The molecule has 164 valence electrons. The molecule has 0 saturated carbocycles. The van der Waals surface area contributed by atoms with Gasteiger partial charge in [-0.2, -0.15) is 13.2 Å². The molecule has 1 aliphatic carbocycles. The van der Waals surface area contributed by atoms with E-state index in [9.17, 15) is 18.0 Å². The number of hydrogen-bond donors (Lipinski definition) is 1. The average Bonchev–Trinajstić information content (AvgIpc) is 3.02. The van der Waals surface area contributed by atoms with Gasteiger partial charge in [0.25, 0.3) is 0 Å². The van der Waals surface area contributed by atoms with Gasteiger partial charge in [0.05, 0.1) is 12.8 Å². The highest BCUT2D eigenvalue weighted by Gasteiger charge is 2.30. The molecule has 1 atom stereocenters. The zero-order chi connectivity index (χ0) is 22.2. The molecule has 1 fully saturated rings. The molecule has 0 aromatic heterocycles. The van der Waals surface area contributed by atoms with Crippen molar-refractivity contribution in [2.24, 2.45) is 0 Å². The number of halogens is 3. The van der Waals surface area contributed by atoms with E-state index in [0.717, 1.165) is 30.9 Å². The second kappa shape index (κ2) is 8.59. The Morgan fingerprint density at radius 3 is 2.61 bits per heavy atom. The Balaban J connectivity index is 1.58. The molecule has 2 aliphatic rings. The molecule has 0 bridgehead atoms. The number of ketones is 1. The highest BCUT2D eigenvalue weighted by molar-refractivity contribution is 8.00. The zero-order valence-electron chi connectivity index (χ0n) is 17.3. The number of anilines is 1. The van der Waals surface area contributed by atoms with Crippen LogP contribution in [-0.2, 0) is 6.42 Å². The molecule has 0 radical (unpaired) electrons. The molecule has 2 aromatic rings. The van der Waals surface area contributed by atoms with Gasteiger partial charge in [-0.1, -0.05) is 12.1 Å². The van der Waals surface area contributed by atoms with Crippen LogP contribution in [0.25, 0.3) is 6.08 Å². The van der Waals surface area contributed by atoms with Crippen LogP contribution in [0.3, 0.4) is 0 Å². The molecule has 0 unspecified atom stereocenters. The average molecular weight is 449 g/mol. The Morgan fingerprint density at radius 2 is 1.97 bits per heavy atom. The van der Waals surface area contributed by atoms with Crippen molar-refractivity contribution in [2.75, 3.05) is 31.6 Å². The fourth-order valence-corrected chi connectivity index (χ4v) is 4.61. The first-order chi connectivity index (χ1) is 14.7. The van der Waals surface area contributed by atoms with Crippen LogP contribution in [-0.4, -0.2) is 44.1 Å². The van der Waals surface area contributed by atoms with Gasteiger partial charge >= 0.3 is 5.51 Å². The number of methoxy groups -OCH3 is 1. The van der Waals surface area contributed by atoms with Crippen LogP contribution >= 0.6 is 11.8 Å². The number of fused-ring (bicyclic) bond motifs is 1. The predicted molar refractivity (Wildman–Crippen MR) is 117 cm³/mol. The Morgan fingerprint density at radius 1 is 1.23 bits per heavy atom. The van der Waals surface area contributed by atoms with Crippen molar-refractivity contribution in [3.05, 3.63) is 58.7 Å². The first-order valence-corrected chi connectivity index (χ1v) is 10.9. The lowest BCUT2D eigenvalue weighted by molar-refractivity contribution is -0.0328. The van der Waals surface area contributed by atoms with Crippen LogP contribution in [0.5, 0.6) is 5.75 Å². The predicted octanol–water partition coefficient (Wildman–Crippen LogP) is 4.93. The number of benzene rings is 2. The van der Waals surface area contributed by atoms with Crippen molar-refractivity contribution in [1.29, 1.82) is 0 Å². The number of carbonyl (C=O) groups is 1. The van der Waals surface area contributed by atoms with Gasteiger partial charge in [-0.15, -0.1) is 0 Å². The molecule has 1 aliphatic heterocycles. The first kappa shape index (κ1) is 21.8. The van der Waals surface area contributed by atoms with E-state index in [0.29, 0.717) is 34.9 Å². The minimum atomic E-state index is -4.32. The van der Waals surface area contributed by atoms with Crippen LogP contribution in [0, 0.1) is 0 Å². The lowest BCUT2D eigenvalue weighted by atomic mass is 10.1. The third-order valence-electron chi connectivity index (χ3n) is 5.49. The van der Waals surface area contributed by atoms with E-state index in [1.54, 1.807) is 25.3 Å². The quantitative estimate of drug-likeness (QED) is 0.531. The van der Waals surface area contributed by atoms with Gasteiger partial charge in [-0.3, -0.25) is 4.79 Å². The molecule has 1 saturated heterocycles. The van der Waals surface area contributed by atoms with Crippen molar-refractivity contribution in [3.8, 4) is 5.75 Å². The summed E-state index contributed by atoms with van der Waals surface area (Å²) in [6.45, 7) is 4.73. The Hall–Kier alpha value is -2.45. The normalized spacial score (nSPS) is 20.3. The van der Waals surface area contributed by atoms with E-state index in [2.05, 4.69) is 17.1 Å². The van der Waals surface area contributed by atoms with Gasteiger partial charge in [0.2, 0.25) is 0 Å². The summed E-state index contributed by atoms with van der Waals surface area (Å²) in [4.78, 5) is 15.4. The largest absolute Gasteiger partial charge is 0.495 e. The van der Waals surface area contributed by atoms with Crippen molar-refractivity contribution in [2.45, 2.75) is 29.8 Å². The van der Waals surface area contributed by atoms with Crippen LogP contribution < -0.4 is 15.0 Å². The first-order valence-electron chi connectivity index (χ1n) is 10.0. The molecule has 0 spiro atoms. The maximum atomic E-state index is 13.0. The maximum absolute atomic E-state index is 13.0. The number of rotatable bonds is 4. The number of allylic oxidation sites excluding steroid dienone is 1. The molecule has 4 rings (SSSR count). The summed E-state index contributed by atoms with van der Waals surface area (Å²) in [6.07, 6.45) is 2.25. The van der Waals surface area contributed by atoms with E-state index < -0.39 is 5.51 Å². The fourth-order valence-electron chi connectivity index (χ4n) is 4.07. The number of Topliss-reactive ketones (excluding diaryl/α,β-unsaturated/α-hetero) is 1. The number of piperazine rings is 1. The van der Waals surface area contributed by atoms with Crippen LogP contribution in [0.15, 0.2) is 46.9 Å². The Kier molecular flexibility index (Phi) is 6.03. The number of ether oxygens (including phenoxy) is 1. The van der Waals surface area contributed by atoms with Crippen molar-refractivity contribution < 1.29 is 22.7 Å². The van der Waals surface area contributed by atoms with Crippen molar-refractivity contribution >= 4 is 29.3 Å². The van der Waals surface area contributed by atoms with Gasteiger partial charge in [-0.05, 0) is 60.2 Å². The van der Waals surface area contributed by atoms with E-state index in [1.165, 1.54) is 12.1 Å². The molecule has 2 aromatic carbocycles. The van der Waals surface area contributed by atoms with E-state index in [4.69, 9.17) is 4.74 Å². The molecule has 31 heavy (non-hydrogen) atoms. The third kappa shape index (κ3) is 4.91. The van der Waals surface area contributed by atoms with Crippen LogP contribution in [0.1, 0.15) is 28.4 Å². The summed E-state index contributed by atoms with van der Waals surface area (Å²) >= 11 is -0.149. The van der Waals surface area contributed by atoms with Gasteiger partial charge in [-0.25, -0.2) is 0 Å². The minimum absolute atomic E-state index is 0.0673. The zero-order valence-corrected chi connectivity index (χ0v) is 18.1. The Labute approximate surface area is 183 Å². The molecule has 1 N–H and O–H groups in total. The highest BCUT2D eigenvalue weighted by Crippen LogP contribution is 2.39. The number of nitrogens with zero attached hydrogens (tertiary/aromatic N) is 1. The van der Waals surface area contributed by atoms with Gasteiger partial charge in [0, 0.05) is 48.1 Å². The minimum Gasteiger partial charge on any atom is -0.495 e. The van der Waals surface area contributed by atoms with E-state index in [1.807, 2.05) is 12.1 Å². The molecule has 0 amide bonds. The summed E-state index contributed by atoms with van der Waals surface area (Å²) in [5.41, 5.74) is -0.439. The summed E-state index contributed by atoms with van der Waals surface area (Å²) in [7, 11) is 1.60. The lowest BCUT2D eigenvalue weighted by Gasteiger charge is -2.34. The number of hydrogen-bond acceptors (Lipinski definition) is 5. The molecule has 4 nitrogen and oxygen atoms in total. The smallest absolute Gasteiger partial charge is 0.446 e. The SMILES string of the molecule is COc1cc2c(cc1N1CCN[C@@H](C)C1)C/C(=C\c1ccc(SC(F)(F)F)cc1)C2=O. The highest BCUT2D eigenvalue weighted by atomic mass is 32.2. The van der Waals surface area contributed by atoms with Gasteiger partial charge in [0.1, 0.15) is 5.75 Å². The number of thioether (sulfide) groups is 1. The monoisotopic (exact) mass is 448 g/mol. The summed E-state index contributed by atoms with van der Waals surface area (Å²) < 4.78 is 43.1. The number of alkyl halides is 3. The van der Waals surface area contributed by atoms with Crippen LogP contribution in [0.4, 0.5) is 18.9 Å². The standard InChI is InChI=1S/C23H23F3N2O2S/c1-14-13-28(8-7-27-14)20-11-16-10-17(22(29)19(16)12-21(20)30-2)9-15-3-5-18(6-4-15)31-23(24,25)26/h3-6,9,11-12,14,27H,7-8,10,13H2,1-2H3/b17-9+/t14-/m0/s1. The van der Waals surface area contributed by atoms with E-state index in [-0.39, 0.29) is 22.4 Å². The van der Waals surface area contributed by atoms with E-state index >= 15 is 0 Å². The van der Waals surface area contributed by atoms with Gasteiger partial charge < -0.3 is 15.0 Å². The van der Waals surface area contributed by atoms with Crippen LogP contribution in [0.2, 0.25) is 0 Å². The lowest BCUT2D eigenvalue weighted by Crippen LogP contribution is -2.49. The summed E-state index contributed by atoms with van der Waals surface area (Å²) in [5.74, 6) is 0.609. The summed E-state index contributed by atoms with van der Waals surface area (Å²) in [6, 6.07) is 10.3. The fraction of sp³-hybridized carbons (Fsp3) is 0.348. The third-order valence-corrected chi connectivity index (χ3v) is 6.23. The van der Waals surface area contributed by atoms with Crippen molar-refractivity contribution in [1.82, 2.24) is 5.32 Å². The molecular weight excluding hydrogens is 425 g/mol. The number of nitrogens with one attached hydrogen (secondary N) is 1. The second-order valence-corrected chi connectivity index (χ2v) is 8.91. The second-order valence-electron chi connectivity index (χ2n) is 7.77. The molecule has 8 heteroatoms. The topological polar surface area (TPSA) is 41.6 Å². The molecule has 1 heterocycles. The number of carbonyl (C=O) groups excluding carboxylic acids is 1. The van der Waals surface area contributed by atoms with Gasteiger partial charge in [0.15, 0.2) is 5.78 Å².